The lowest BCUT2D eigenvalue weighted by molar-refractivity contribution is 0.709. The van der Waals surface area contributed by atoms with Gasteiger partial charge in [0.25, 0.3) is 0 Å². The van der Waals surface area contributed by atoms with Crippen LogP contribution in [0.2, 0.25) is 0 Å². The van der Waals surface area contributed by atoms with Gasteiger partial charge in [-0.1, -0.05) is 224 Å². The first-order valence-corrected chi connectivity index (χ1v) is 22.9. The van der Waals surface area contributed by atoms with Crippen molar-refractivity contribution in [1.82, 2.24) is 4.57 Å². The first-order chi connectivity index (χ1) is 32.2. The number of aryl methyl sites for hydroxylation is 1. The van der Waals surface area contributed by atoms with Gasteiger partial charge in [-0.05, 0) is 115 Å². The third-order valence-electron chi connectivity index (χ3n) is 14.0. The third-order valence-corrected chi connectivity index (χ3v) is 14.0. The zero-order chi connectivity index (χ0) is 43.2. The Balaban J connectivity index is 0.920. The van der Waals surface area contributed by atoms with Crippen LogP contribution >= 0.6 is 0 Å². The summed E-state index contributed by atoms with van der Waals surface area (Å²) in [5.41, 5.74) is 20.1. The van der Waals surface area contributed by atoms with E-state index in [1.807, 2.05) is 0 Å². The Morgan fingerprint density at radius 2 is 0.877 bits per heavy atom. The van der Waals surface area contributed by atoms with Crippen molar-refractivity contribution < 1.29 is 0 Å². The van der Waals surface area contributed by atoms with Crippen LogP contribution in [0.3, 0.4) is 0 Å². The quantitative estimate of drug-likeness (QED) is 0.129. The van der Waals surface area contributed by atoms with E-state index in [0.717, 1.165) is 12.8 Å². The van der Waals surface area contributed by atoms with Gasteiger partial charge in [0, 0.05) is 22.4 Å². The van der Waals surface area contributed by atoms with E-state index >= 15 is 0 Å². The number of nitrogens with zero attached hydrogens (tertiary/aromatic N) is 1. The van der Waals surface area contributed by atoms with Gasteiger partial charge >= 0.3 is 0 Å². The molecular formula is C64H47N. The summed E-state index contributed by atoms with van der Waals surface area (Å²) in [5.74, 6) is 0.182. The van der Waals surface area contributed by atoms with Gasteiger partial charge in [-0.25, -0.2) is 0 Å². The second-order valence-electron chi connectivity index (χ2n) is 17.5. The van der Waals surface area contributed by atoms with Gasteiger partial charge in [0.1, 0.15) is 0 Å². The SMILES string of the molecule is c1ccc(-c2ccc(C(CCc3ccc(-c4ccc5c(c4)c4ccccc4n5-c4ccccc4)cc3)c3ccc4c(c3)C(c3ccccc3)(c3ccccc3)c3ccccc3-4)cc2)cc1. The van der Waals surface area contributed by atoms with Crippen molar-refractivity contribution in [3.05, 3.63) is 294 Å². The van der Waals surface area contributed by atoms with Crippen molar-refractivity contribution in [3.8, 4) is 39.1 Å². The van der Waals surface area contributed by atoms with Crippen LogP contribution in [0, 0.1) is 0 Å². The molecule has 1 atom stereocenters. The molecule has 65 heavy (non-hydrogen) atoms. The van der Waals surface area contributed by atoms with E-state index in [2.05, 4.69) is 259 Å². The van der Waals surface area contributed by atoms with E-state index in [9.17, 15) is 0 Å². The van der Waals surface area contributed by atoms with Crippen LogP contribution in [0.15, 0.2) is 255 Å². The van der Waals surface area contributed by atoms with Crippen molar-refractivity contribution in [2.45, 2.75) is 24.2 Å². The highest BCUT2D eigenvalue weighted by Crippen LogP contribution is 2.56. The Labute approximate surface area is 381 Å². The van der Waals surface area contributed by atoms with Crippen LogP contribution < -0.4 is 0 Å². The highest BCUT2D eigenvalue weighted by Gasteiger charge is 2.46. The molecule has 1 heterocycles. The molecule has 0 aliphatic heterocycles. The Morgan fingerprint density at radius 1 is 0.354 bits per heavy atom. The van der Waals surface area contributed by atoms with Crippen molar-refractivity contribution in [1.29, 1.82) is 0 Å². The number of benzene rings is 10. The second-order valence-corrected chi connectivity index (χ2v) is 17.5. The zero-order valence-electron chi connectivity index (χ0n) is 36.2. The molecule has 0 saturated carbocycles. The number of rotatable bonds is 10. The van der Waals surface area contributed by atoms with Gasteiger partial charge < -0.3 is 4.57 Å². The number of hydrogen-bond donors (Lipinski definition) is 0. The fraction of sp³-hybridized carbons (Fsp3) is 0.0625. The monoisotopic (exact) mass is 829 g/mol. The number of hydrogen-bond acceptors (Lipinski definition) is 0. The minimum atomic E-state index is -0.443. The van der Waals surface area contributed by atoms with Gasteiger partial charge in [-0.3, -0.25) is 0 Å². The first-order valence-electron chi connectivity index (χ1n) is 22.9. The third kappa shape index (κ3) is 6.62. The van der Waals surface area contributed by atoms with Crippen LogP contribution in [0.5, 0.6) is 0 Å². The molecule has 0 fully saturated rings. The summed E-state index contributed by atoms with van der Waals surface area (Å²) in [4.78, 5) is 0. The number of para-hydroxylation sites is 2. The molecule has 1 heteroatoms. The highest BCUT2D eigenvalue weighted by molar-refractivity contribution is 6.10. The van der Waals surface area contributed by atoms with Crippen LogP contribution in [-0.4, -0.2) is 4.57 Å². The summed E-state index contributed by atoms with van der Waals surface area (Å²) in [6.45, 7) is 0. The molecule has 1 nitrogen and oxygen atoms in total. The predicted molar refractivity (Wildman–Crippen MR) is 272 cm³/mol. The predicted octanol–water partition coefficient (Wildman–Crippen LogP) is 16.2. The molecule has 0 radical (unpaired) electrons. The normalized spacial score (nSPS) is 13.1. The highest BCUT2D eigenvalue weighted by atomic mass is 15.0. The summed E-state index contributed by atoms with van der Waals surface area (Å²) >= 11 is 0. The fourth-order valence-electron chi connectivity index (χ4n) is 10.9. The van der Waals surface area contributed by atoms with E-state index in [0.29, 0.717) is 0 Å². The molecular weight excluding hydrogens is 783 g/mol. The van der Waals surface area contributed by atoms with Crippen molar-refractivity contribution in [3.63, 3.8) is 0 Å². The van der Waals surface area contributed by atoms with Gasteiger partial charge in [0.2, 0.25) is 0 Å². The molecule has 1 aliphatic carbocycles. The molecule has 0 bridgehead atoms. The molecule has 1 aromatic heterocycles. The molecule has 308 valence electrons. The average molecular weight is 830 g/mol. The maximum absolute atomic E-state index is 2.55. The maximum Gasteiger partial charge on any atom is 0.0713 e. The minimum absolute atomic E-state index is 0.182. The largest absolute Gasteiger partial charge is 0.309 e. The van der Waals surface area contributed by atoms with Crippen molar-refractivity contribution in [2.24, 2.45) is 0 Å². The van der Waals surface area contributed by atoms with E-state index in [4.69, 9.17) is 0 Å². The van der Waals surface area contributed by atoms with Crippen molar-refractivity contribution >= 4 is 21.8 Å². The summed E-state index contributed by atoms with van der Waals surface area (Å²) < 4.78 is 2.38. The molecule has 10 aromatic carbocycles. The van der Waals surface area contributed by atoms with Crippen LogP contribution in [-0.2, 0) is 11.8 Å². The Morgan fingerprint density at radius 3 is 1.60 bits per heavy atom. The van der Waals surface area contributed by atoms with E-state index < -0.39 is 5.41 Å². The lowest BCUT2D eigenvalue weighted by Crippen LogP contribution is -2.28. The van der Waals surface area contributed by atoms with E-state index in [1.54, 1.807) is 0 Å². The number of aromatic nitrogens is 1. The van der Waals surface area contributed by atoms with Gasteiger partial charge in [-0.15, -0.1) is 0 Å². The molecule has 0 amide bonds. The Hall–Kier alpha value is -8.00. The molecule has 0 spiro atoms. The first kappa shape index (κ1) is 38.7. The van der Waals surface area contributed by atoms with E-state index in [1.165, 1.54) is 99.8 Å². The molecule has 0 saturated heterocycles. The van der Waals surface area contributed by atoms with E-state index in [-0.39, 0.29) is 5.92 Å². The molecule has 1 unspecified atom stereocenters. The second kappa shape index (κ2) is 16.3. The summed E-state index contributed by atoms with van der Waals surface area (Å²) in [6, 6.07) is 94.5. The lowest BCUT2D eigenvalue weighted by atomic mass is 9.67. The minimum Gasteiger partial charge on any atom is -0.309 e. The van der Waals surface area contributed by atoms with Crippen LogP contribution in [0.1, 0.15) is 51.3 Å². The Kier molecular flexibility index (Phi) is 9.68. The summed E-state index contributed by atoms with van der Waals surface area (Å²) in [6.07, 6.45) is 1.93. The molecule has 0 N–H and O–H groups in total. The smallest absolute Gasteiger partial charge is 0.0713 e. The summed E-state index contributed by atoms with van der Waals surface area (Å²) in [5, 5.41) is 2.54. The average Bonchev–Trinajstić information content (AvgIpc) is 3.88. The van der Waals surface area contributed by atoms with Gasteiger partial charge in [0.05, 0.1) is 16.4 Å². The number of fused-ring (bicyclic) bond motifs is 6. The molecule has 12 rings (SSSR count). The van der Waals surface area contributed by atoms with Crippen molar-refractivity contribution in [2.75, 3.05) is 0 Å². The fourth-order valence-corrected chi connectivity index (χ4v) is 10.9. The molecule has 11 aromatic rings. The Bertz CT molecular complexity index is 3400. The maximum atomic E-state index is 2.55. The van der Waals surface area contributed by atoms with Crippen LogP contribution in [0.4, 0.5) is 0 Å². The zero-order valence-corrected chi connectivity index (χ0v) is 36.2. The van der Waals surface area contributed by atoms with Gasteiger partial charge in [0.15, 0.2) is 0 Å². The van der Waals surface area contributed by atoms with Gasteiger partial charge in [-0.2, -0.15) is 0 Å². The lowest BCUT2D eigenvalue weighted by Gasteiger charge is -2.34. The van der Waals surface area contributed by atoms with Crippen LogP contribution in [0.25, 0.3) is 60.9 Å². The topological polar surface area (TPSA) is 4.93 Å². The summed E-state index contributed by atoms with van der Waals surface area (Å²) in [7, 11) is 0. The standard InChI is InChI=1S/C64H47N/c1-5-17-46(18-6-1)47-34-36-49(37-35-47)55(51-38-41-57-56-25-13-15-27-60(56)64(61(57)44-51,52-19-7-2-8-20-52)53-21-9-3-10-22-53)40-31-45-29-32-48(33-30-45)50-39-42-63-59(43-50)58-26-14-16-28-62(58)65(63)54-23-11-4-12-24-54/h1-30,32-39,41-44,55H,31,40H2. The molecule has 1 aliphatic rings.